The maximum Gasteiger partial charge on any atom is 0.0347 e. The van der Waals surface area contributed by atoms with E-state index in [2.05, 4.69) is 16.0 Å². The predicted molar refractivity (Wildman–Crippen MR) is 48.3 cm³/mol. The summed E-state index contributed by atoms with van der Waals surface area (Å²) in [7, 11) is 0. The molecule has 0 amide bonds. The third-order valence-corrected chi connectivity index (χ3v) is 2.42. The lowest BCUT2D eigenvalue weighted by atomic mass is 9.99. The van der Waals surface area contributed by atoms with E-state index in [1.54, 1.807) is 0 Å². The predicted octanol–water partition coefficient (Wildman–Crippen LogP) is -0.668. The third-order valence-electron chi connectivity index (χ3n) is 2.42. The van der Waals surface area contributed by atoms with E-state index in [0.29, 0.717) is 6.04 Å². The van der Waals surface area contributed by atoms with E-state index in [1.165, 1.54) is 13.0 Å². The molecule has 0 saturated carbocycles. The van der Waals surface area contributed by atoms with Gasteiger partial charge in [-0.25, -0.2) is 0 Å². The number of fused-ring (bicyclic) bond motifs is 1. The number of piperazine rings is 1. The van der Waals surface area contributed by atoms with Crippen LogP contribution in [0.1, 0.15) is 6.42 Å². The molecular weight excluding hydrogens is 162 g/mol. The van der Waals surface area contributed by atoms with Crippen LogP contribution in [0.2, 0.25) is 0 Å². The number of halogens is 1. The van der Waals surface area contributed by atoms with E-state index in [1.807, 2.05) is 0 Å². The van der Waals surface area contributed by atoms with Crippen LogP contribution in [-0.4, -0.2) is 38.3 Å². The highest BCUT2D eigenvalue weighted by atomic mass is 35.5. The molecule has 0 bridgehead atoms. The Morgan fingerprint density at radius 3 is 2.36 bits per heavy atom. The van der Waals surface area contributed by atoms with E-state index in [4.69, 9.17) is 0 Å². The van der Waals surface area contributed by atoms with Crippen molar-refractivity contribution in [3.05, 3.63) is 0 Å². The van der Waals surface area contributed by atoms with Crippen molar-refractivity contribution in [3.8, 4) is 0 Å². The number of hydrogen-bond donors (Lipinski definition) is 3. The van der Waals surface area contributed by atoms with Crippen molar-refractivity contribution < 1.29 is 0 Å². The Kier molecular flexibility index (Phi) is 3.59. The number of hydrogen-bond acceptors (Lipinski definition) is 3. The monoisotopic (exact) mass is 177 g/mol. The maximum absolute atomic E-state index is 3.52. The van der Waals surface area contributed by atoms with Crippen LogP contribution in [0.5, 0.6) is 0 Å². The quantitative estimate of drug-likeness (QED) is 0.460. The molecule has 0 spiro atoms. The van der Waals surface area contributed by atoms with Gasteiger partial charge in [-0.2, -0.15) is 0 Å². The molecule has 2 unspecified atom stereocenters. The van der Waals surface area contributed by atoms with E-state index in [-0.39, 0.29) is 12.4 Å². The Bertz CT molecular complexity index is 94.3. The van der Waals surface area contributed by atoms with Gasteiger partial charge in [0.15, 0.2) is 0 Å². The molecule has 2 heterocycles. The molecule has 0 aromatic carbocycles. The highest BCUT2D eigenvalue weighted by Crippen LogP contribution is 2.05. The normalized spacial score (nSPS) is 37.1. The average Bonchev–Trinajstić information content (AvgIpc) is 2.05. The Morgan fingerprint density at radius 1 is 0.909 bits per heavy atom. The largest absolute Gasteiger partial charge is 0.315 e. The molecule has 0 aromatic heterocycles. The van der Waals surface area contributed by atoms with Gasteiger partial charge in [0.1, 0.15) is 0 Å². The van der Waals surface area contributed by atoms with Crippen molar-refractivity contribution in [2.24, 2.45) is 0 Å². The van der Waals surface area contributed by atoms with Gasteiger partial charge in [0, 0.05) is 31.7 Å². The maximum atomic E-state index is 3.52. The Balaban J connectivity index is 0.000000605. The lowest BCUT2D eigenvalue weighted by molar-refractivity contribution is 0.264. The van der Waals surface area contributed by atoms with Crippen LogP contribution < -0.4 is 16.0 Å². The van der Waals surface area contributed by atoms with Crippen molar-refractivity contribution >= 4 is 12.4 Å². The fourth-order valence-electron chi connectivity index (χ4n) is 1.83. The molecule has 2 aliphatic rings. The second-order valence-corrected chi connectivity index (χ2v) is 3.11. The zero-order valence-electron chi connectivity index (χ0n) is 6.60. The van der Waals surface area contributed by atoms with Crippen molar-refractivity contribution in [1.29, 1.82) is 0 Å². The van der Waals surface area contributed by atoms with Crippen LogP contribution in [0.3, 0.4) is 0 Å². The topological polar surface area (TPSA) is 36.1 Å². The lowest BCUT2D eigenvalue weighted by Gasteiger charge is -2.37. The fraction of sp³-hybridized carbons (Fsp3) is 1.00. The van der Waals surface area contributed by atoms with Gasteiger partial charge in [0.25, 0.3) is 0 Å². The molecule has 66 valence electrons. The Hall–Kier alpha value is 0.170. The highest BCUT2D eigenvalue weighted by Gasteiger charge is 2.25. The third kappa shape index (κ3) is 2.06. The van der Waals surface area contributed by atoms with Crippen molar-refractivity contribution in [3.63, 3.8) is 0 Å². The minimum Gasteiger partial charge on any atom is -0.315 e. The van der Waals surface area contributed by atoms with E-state index < -0.39 is 0 Å². The van der Waals surface area contributed by atoms with Gasteiger partial charge < -0.3 is 16.0 Å². The lowest BCUT2D eigenvalue weighted by Crippen LogP contribution is -2.62. The SMILES string of the molecule is C1CC2NCCNC2CN1.Cl. The standard InChI is InChI=1S/C7H15N3.ClH/c1-2-8-5-7-6(1)9-3-4-10-7;/h6-10H,1-5H2;1H. The van der Waals surface area contributed by atoms with E-state index in [9.17, 15) is 0 Å². The molecule has 2 fully saturated rings. The van der Waals surface area contributed by atoms with E-state index in [0.717, 1.165) is 25.7 Å². The van der Waals surface area contributed by atoms with Crippen LogP contribution in [0.25, 0.3) is 0 Å². The molecule has 2 saturated heterocycles. The van der Waals surface area contributed by atoms with Crippen LogP contribution in [-0.2, 0) is 0 Å². The first-order valence-electron chi connectivity index (χ1n) is 4.14. The minimum absolute atomic E-state index is 0. The average molecular weight is 178 g/mol. The fourth-order valence-corrected chi connectivity index (χ4v) is 1.83. The second-order valence-electron chi connectivity index (χ2n) is 3.11. The van der Waals surface area contributed by atoms with Gasteiger partial charge in [-0.05, 0) is 13.0 Å². The highest BCUT2D eigenvalue weighted by molar-refractivity contribution is 5.85. The zero-order valence-corrected chi connectivity index (χ0v) is 7.41. The van der Waals surface area contributed by atoms with Crippen LogP contribution in [0.4, 0.5) is 0 Å². The summed E-state index contributed by atoms with van der Waals surface area (Å²) in [5.41, 5.74) is 0. The van der Waals surface area contributed by atoms with Gasteiger partial charge in [0.05, 0.1) is 0 Å². The molecule has 3 nitrogen and oxygen atoms in total. The number of rotatable bonds is 0. The van der Waals surface area contributed by atoms with Crippen molar-refractivity contribution in [1.82, 2.24) is 16.0 Å². The summed E-state index contributed by atoms with van der Waals surface area (Å²) in [5, 5.41) is 10.4. The second kappa shape index (κ2) is 4.26. The van der Waals surface area contributed by atoms with Crippen molar-refractivity contribution in [2.75, 3.05) is 26.2 Å². The minimum atomic E-state index is 0. The van der Waals surface area contributed by atoms with E-state index >= 15 is 0 Å². The first-order chi connectivity index (χ1) is 4.97. The Labute approximate surface area is 73.7 Å². The smallest absolute Gasteiger partial charge is 0.0347 e. The molecule has 2 rings (SSSR count). The summed E-state index contributed by atoms with van der Waals surface area (Å²) in [5.74, 6) is 0. The van der Waals surface area contributed by atoms with Gasteiger partial charge in [0.2, 0.25) is 0 Å². The summed E-state index contributed by atoms with van der Waals surface area (Å²) >= 11 is 0. The molecule has 0 radical (unpaired) electrons. The molecule has 3 N–H and O–H groups in total. The van der Waals surface area contributed by atoms with Gasteiger partial charge in [-0.1, -0.05) is 0 Å². The summed E-state index contributed by atoms with van der Waals surface area (Å²) in [6.07, 6.45) is 1.28. The molecular formula is C7H16ClN3. The summed E-state index contributed by atoms with van der Waals surface area (Å²) < 4.78 is 0. The molecule has 2 aliphatic heterocycles. The Morgan fingerprint density at radius 2 is 1.64 bits per heavy atom. The number of nitrogens with one attached hydrogen (secondary N) is 3. The first kappa shape index (κ1) is 9.26. The summed E-state index contributed by atoms with van der Waals surface area (Å²) in [4.78, 5) is 0. The van der Waals surface area contributed by atoms with Crippen LogP contribution >= 0.6 is 12.4 Å². The van der Waals surface area contributed by atoms with Crippen LogP contribution in [0.15, 0.2) is 0 Å². The summed E-state index contributed by atoms with van der Waals surface area (Å²) in [6, 6.07) is 1.41. The van der Waals surface area contributed by atoms with Gasteiger partial charge in [-0.3, -0.25) is 0 Å². The zero-order chi connectivity index (χ0) is 6.81. The van der Waals surface area contributed by atoms with Gasteiger partial charge >= 0.3 is 0 Å². The molecule has 0 aromatic rings. The molecule has 2 atom stereocenters. The molecule has 11 heavy (non-hydrogen) atoms. The molecule has 4 heteroatoms. The van der Waals surface area contributed by atoms with Crippen molar-refractivity contribution in [2.45, 2.75) is 18.5 Å². The first-order valence-corrected chi connectivity index (χ1v) is 4.14. The summed E-state index contributed by atoms with van der Waals surface area (Å²) in [6.45, 7) is 4.58. The van der Waals surface area contributed by atoms with Gasteiger partial charge in [-0.15, -0.1) is 12.4 Å². The van der Waals surface area contributed by atoms with Crippen LogP contribution in [0, 0.1) is 0 Å². The number of piperidine rings is 1. The molecule has 0 aliphatic carbocycles.